The van der Waals surface area contributed by atoms with Gasteiger partial charge in [0.1, 0.15) is 0 Å². The molecule has 2 aromatic heterocycles. The van der Waals surface area contributed by atoms with Crippen molar-refractivity contribution in [3.63, 3.8) is 0 Å². The lowest BCUT2D eigenvalue weighted by Gasteiger charge is -2.27. The van der Waals surface area contributed by atoms with Crippen LogP contribution in [-0.4, -0.2) is 49.2 Å². The molecule has 0 saturated heterocycles. The number of carbonyl (C=O) groups is 1. The molecule has 0 spiro atoms. The molecule has 0 fully saturated rings. The number of nitrogens with zero attached hydrogens (tertiary/aromatic N) is 3. The zero-order chi connectivity index (χ0) is 24.6. The molecule has 0 atom stereocenters. The van der Waals surface area contributed by atoms with Gasteiger partial charge in [0, 0.05) is 60.6 Å². The maximum Gasteiger partial charge on any atom is 0.341 e. The molecule has 180 valence electrons. The van der Waals surface area contributed by atoms with E-state index in [-0.39, 0.29) is 6.54 Å². The average molecular weight is 492 g/mol. The lowest BCUT2D eigenvalue weighted by molar-refractivity contribution is 0.0599. The van der Waals surface area contributed by atoms with E-state index < -0.39 is 16.0 Å². The number of fused-ring (bicyclic) bond motifs is 3. The zero-order valence-electron chi connectivity index (χ0n) is 19.4. The summed E-state index contributed by atoms with van der Waals surface area (Å²) < 4.78 is 30.2. The van der Waals surface area contributed by atoms with Gasteiger partial charge in [0.15, 0.2) is 0 Å². The number of hydrogen-bond donors (Lipinski definition) is 2. The Labute approximate surface area is 203 Å². The third-order valence-electron chi connectivity index (χ3n) is 6.12. The minimum Gasteiger partial charge on any atom is -0.465 e. The Morgan fingerprint density at radius 2 is 1.91 bits per heavy atom. The number of rotatable bonds is 6. The van der Waals surface area contributed by atoms with E-state index in [9.17, 15) is 13.2 Å². The number of esters is 1. The summed E-state index contributed by atoms with van der Waals surface area (Å²) in [6, 6.07) is 14.2. The van der Waals surface area contributed by atoms with Crippen molar-refractivity contribution < 1.29 is 17.9 Å². The second kappa shape index (κ2) is 9.12. The molecule has 5 rings (SSSR count). The fourth-order valence-corrected chi connectivity index (χ4v) is 4.78. The van der Waals surface area contributed by atoms with Crippen LogP contribution in [0.5, 0.6) is 0 Å². The largest absolute Gasteiger partial charge is 0.465 e. The first-order chi connectivity index (χ1) is 16.8. The fraction of sp³-hybridized carbons (Fsp3) is 0.240. The van der Waals surface area contributed by atoms with Crippen molar-refractivity contribution in [2.75, 3.05) is 24.8 Å². The molecular formula is C25H25N5O4S. The van der Waals surface area contributed by atoms with Gasteiger partial charge in [-0.05, 0) is 34.9 Å². The van der Waals surface area contributed by atoms with E-state index >= 15 is 0 Å². The van der Waals surface area contributed by atoms with Crippen molar-refractivity contribution in [3.05, 3.63) is 77.2 Å². The van der Waals surface area contributed by atoms with Gasteiger partial charge in [0.05, 0.1) is 18.9 Å². The Hall–Kier alpha value is -3.76. The highest BCUT2D eigenvalue weighted by molar-refractivity contribution is 7.88. The number of aromatic amines is 1. The van der Waals surface area contributed by atoms with Crippen molar-refractivity contribution in [1.82, 2.24) is 19.7 Å². The van der Waals surface area contributed by atoms with Gasteiger partial charge in [-0.25, -0.2) is 27.9 Å². The van der Waals surface area contributed by atoms with Gasteiger partial charge in [-0.2, -0.15) is 0 Å². The first-order valence-electron chi connectivity index (χ1n) is 11.1. The van der Waals surface area contributed by atoms with Gasteiger partial charge in [0.25, 0.3) is 0 Å². The van der Waals surface area contributed by atoms with Crippen LogP contribution in [0.25, 0.3) is 22.0 Å². The maximum absolute atomic E-state index is 11.7. The first-order valence-corrected chi connectivity index (χ1v) is 13.0. The second-order valence-electron chi connectivity index (χ2n) is 8.57. The number of ether oxygens (including phenoxy) is 1. The van der Waals surface area contributed by atoms with Gasteiger partial charge >= 0.3 is 5.97 Å². The number of H-pyrrole nitrogens is 1. The number of benzene rings is 2. The van der Waals surface area contributed by atoms with Crippen LogP contribution in [0.3, 0.4) is 0 Å². The van der Waals surface area contributed by atoms with Crippen molar-refractivity contribution in [3.8, 4) is 11.1 Å². The number of aromatic nitrogens is 3. The summed E-state index contributed by atoms with van der Waals surface area (Å²) in [4.78, 5) is 26.1. The van der Waals surface area contributed by atoms with E-state index in [0.717, 1.165) is 46.8 Å². The van der Waals surface area contributed by atoms with Crippen LogP contribution >= 0.6 is 0 Å². The smallest absolute Gasteiger partial charge is 0.341 e. The van der Waals surface area contributed by atoms with Crippen LogP contribution in [0.1, 0.15) is 27.2 Å². The number of methoxy groups -OCH3 is 1. The van der Waals surface area contributed by atoms with Gasteiger partial charge < -0.3 is 14.6 Å². The Bertz CT molecular complexity index is 1510. The molecule has 35 heavy (non-hydrogen) atoms. The second-order valence-corrected chi connectivity index (χ2v) is 10.4. The molecule has 2 N–H and O–H groups in total. The molecule has 4 aromatic rings. The van der Waals surface area contributed by atoms with Crippen molar-refractivity contribution in [2.24, 2.45) is 0 Å². The number of nitrogens with one attached hydrogen (secondary N) is 2. The molecule has 3 heterocycles. The third-order valence-corrected chi connectivity index (χ3v) is 6.78. The van der Waals surface area contributed by atoms with E-state index in [4.69, 9.17) is 4.74 Å². The summed E-state index contributed by atoms with van der Waals surface area (Å²) in [6.07, 6.45) is 4.96. The summed E-state index contributed by atoms with van der Waals surface area (Å²) in [5.74, 6) is 0.109. The minimum atomic E-state index is -3.26. The van der Waals surface area contributed by atoms with Crippen LogP contribution in [0.15, 0.2) is 54.9 Å². The average Bonchev–Trinajstić information content (AvgIpc) is 3.24. The third kappa shape index (κ3) is 4.89. The highest BCUT2D eigenvalue weighted by Gasteiger charge is 2.23. The lowest BCUT2D eigenvalue weighted by atomic mass is 9.99. The Morgan fingerprint density at radius 3 is 2.66 bits per heavy atom. The Morgan fingerprint density at radius 1 is 1.14 bits per heavy atom. The summed E-state index contributed by atoms with van der Waals surface area (Å²) >= 11 is 0. The van der Waals surface area contributed by atoms with Gasteiger partial charge in [0.2, 0.25) is 16.0 Å². The quantitative estimate of drug-likeness (QED) is 0.398. The number of carbonyl (C=O) groups excluding carboxylic acids is 1. The highest BCUT2D eigenvalue weighted by atomic mass is 32.2. The normalized spacial score (nSPS) is 13.6. The van der Waals surface area contributed by atoms with Crippen molar-refractivity contribution in [1.29, 1.82) is 0 Å². The first kappa shape index (κ1) is 23.0. The molecular weight excluding hydrogens is 466 g/mol. The van der Waals surface area contributed by atoms with Crippen LogP contribution in [0.2, 0.25) is 0 Å². The topological polar surface area (TPSA) is 117 Å². The SMILES string of the molecule is COC(=O)c1cnc(N2CCc3[nH]c4ccc(-c5cccc(CNS(C)(=O)=O)c5)cc4c3C2)nc1. The molecule has 0 aliphatic carbocycles. The van der Waals surface area contributed by atoms with Crippen LogP contribution in [0, 0.1) is 0 Å². The number of anilines is 1. The molecule has 9 nitrogen and oxygen atoms in total. The monoisotopic (exact) mass is 491 g/mol. The van der Waals surface area contributed by atoms with E-state index in [2.05, 4.69) is 42.8 Å². The molecule has 0 radical (unpaired) electrons. The van der Waals surface area contributed by atoms with Gasteiger partial charge in [-0.3, -0.25) is 0 Å². The standard InChI is InChI=1S/C25H25N5O4S/c1-34-24(31)19-13-26-25(27-14-19)30-9-8-23-21(15-30)20-11-18(6-7-22(20)29-23)17-5-3-4-16(10-17)12-28-35(2,32)33/h3-7,10-11,13-14,28-29H,8-9,12,15H2,1-2H3. The van der Waals surface area contributed by atoms with E-state index in [0.29, 0.717) is 18.1 Å². The summed E-state index contributed by atoms with van der Waals surface area (Å²) in [7, 11) is -1.93. The summed E-state index contributed by atoms with van der Waals surface area (Å²) in [6.45, 7) is 1.66. The summed E-state index contributed by atoms with van der Waals surface area (Å²) in [5.41, 5.74) is 6.75. The molecule has 0 bridgehead atoms. The fourth-order valence-electron chi connectivity index (χ4n) is 4.35. The van der Waals surface area contributed by atoms with Crippen molar-refractivity contribution in [2.45, 2.75) is 19.5 Å². The molecule has 0 unspecified atom stereocenters. The highest BCUT2D eigenvalue weighted by Crippen LogP contribution is 2.32. The molecule has 2 aromatic carbocycles. The molecule has 10 heteroatoms. The van der Waals surface area contributed by atoms with Crippen LogP contribution in [-0.2, 0) is 34.3 Å². The molecule has 0 saturated carbocycles. The molecule has 0 amide bonds. The van der Waals surface area contributed by atoms with Crippen LogP contribution < -0.4 is 9.62 Å². The Kier molecular flexibility index (Phi) is 6.00. The van der Waals surface area contributed by atoms with E-state index in [1.807, 2.05) is 24.3 Å². The number of sulfonamides is 1. The van der Waals surface area contributed by atoms with E-state index in [1.54, 1.807) is 0 Å². The molecule has 1 aliphatic rings. The Balaban J connectivity index is 1.43. The predicted octanol–water partition coefficient (Wildman–Crippen LogP) is 3.02. The zero-order valence-corrected chi connectivity index (χ0v) is 20.2. The minimum absolute atomic E-state index is 0.248. The predicted molar refractivity (Wildman–Crippen MR) is 134 cm³/mol. The van der Waals surface area contributed by atoms with E-state index in [1.165, 1.54) is 30.8 Å². The van der Waals surface area contributed by atoms with Gasteiger partial charge in [-0.15, -0.1) is 0 Å². The van der Waals surface area contributed by atoms with Crippen LogP contribution in [0.4, 0.5) is 5.95 Å². The molecule has 1 aliphatic heterocycles. The lowest BCUT2D eigenvalue weighted by Crippen LogP contribution is -2.31. The van der Waals surface area contributed by atoms with Crippen molar-refractivity contribution >= 4 is 32.8 Å². The maximum atomic E-state index is 11.7. The summed E-state index contributed by atoms with van der Waals surface area (Å²) in [5, 5.41) is 1.13. The van der Waals surface area contributed by atoms with Gasteiger partial charge in [-0.1, -0.05) is 24.3 Å². The number of hydrogen-bond acceptors (Lipinski definition) is 7.